The third kappa shape index (κ3) is 9.35. The minimum Gasteiger partial charge on any atom is -0.378 e. The maximum Gasteiger partial charge on any atom is 0.667 e. The summed E-state index contributed by atoms with van der Waals surface area (Å²) >= 11 is 0. The second kappa shape index (κ2) is 10.3. The highest BCUT2D eigenvalue weighted by atomic mass is 16.5. The largest absolute Gasteiger partial charge is 0.667 e. The zero-order valence-corrected chi connectivity index (χ0v) is 8.91. The molecule has 0 fully saturated rings. The zero-order chi connectivity index (χ0) is 10.6. The van der Waals surface area contributed by atoms with Crippen LogP contribution in [-0.2, 0) is 14.3 Å². The molecule has 14 heavy (non-hydrogen) atoms. The first kappa shape index (κ1) is 13.3. The van der Waals surface area contributed by atoms with Crippen molar-refractivity contribution in [2.75, 3.05) is 53.6 Å². The van der Waals surface area contributed by atoms with Crippen LogP contribution in [0.2, 0.25) is 0 Å². The van der Waals surface area contributed by atoms with Gasteiger partial charge in [-0.1, -0.05) is 0 Å². The van der Waals surface area contributed by atoms with E-state index in [-0.39, 0.29) is 0 Å². The molecule has 0 aromatic rings. The Morgan fingerprint density at radius 1 is 1.21 bits per heavy atom. The zero-order valence-electron chi connectivity index (χ0n) is 8.91. The van der Waals surface area contributed by atoms with Crippen LogP contribution in [0, 0.1) is 0 Å². The molecule has 0 aliphatic carbocycles. The molecule has 0 radical (unpaired) electrons. The number of hydrogen-bond donors (Lipinski definition) is 1. The molecule has 5 heteroatoms. The summed E-state index contributed by atoms with van der Waals surface area (Å²) in [5.41, 5.74) is 0. The number of carbonyl (C=O) groups excluding carboxylic acids is 1. The van der Waals surface area contributed by atoms with Crippen LogP contribution >= 0.6 is 0 Å². The van der Waals surface area contributed by atoms with Gasteiger partial charge in [0, 0.05) is 6.54 Å². The van der Waals surface area contributed by atoms with Crippen molar-refractivity contribution in [3.63, 3.8) is 0 Å². The molecule has 0 aliphatic heterocycles. The number of hydrogen-bond acceptors (Lipinski definition) is 4. The Hall–Kier alpha value is -0.740. The van der Waals surface area contributed by atoms with Crippen LogP contribution in [-0.4, -0.2) is 64.9 Å². The van der Waals surface area contributed by atoms with Crippen LogP contribution in [0.1, 0.15) is 0 Å². The summed E-state index contributed by atoms with van der Waals surface area (Å²) < 4.78 is 10.4. The van der Waals surface area contributed by atoms with Gasteiger partial charge in [-0.2, -0.15) is 0 Å². The second-order valence-corrected chi connectivity index (χ2v) is 2.84. The normalized spacial score (nSPS) is 9.86. The molecule has 0 bridgehead atoms. The average molecular weight is 203 g/mol. The van der Waals surface area contributed by atoms with Gasteiger partial charge in [0.25, 0.3) is 0 Å². The lowest BCUT2D eigenvalue weighted by Gasteiger charge is -2.05. The Labute approximate surface area is 85.4 Å². The molecule has 5 nitrogen and oxygen atoms in total. The predicted octanol–water partition coefficient (Wildman–Crippen LogP) is -0.762. The minimum atomic E-state index is 0.529. The summed E-state index contributed by atoms with van der Waals surface area (Å²) in [7, 11) is 3.55. The van der Waals surface area contributed by atoms with E-state index in [1.807, 2.05) is 7.05 Å². The first-order valence-electron chi connectivity index (χ1n) is 4.70. The Balaban J connectivity index is 2.95. The van der Waals surface area contributed by atoms with Crippen LogP contribution in [0.4, 0.5) is 0 Å². The molecular weight excluding hydrogens is 184 g/mol. The van der Waals surface area contributed by atoms with Crippen molar-refractivity contribution in [3.05, 3.63) is 0 Å². The Kier molecular flexibility index (Phi) is 9.79. The number of nitrogens with one attached hydrogen (secondary N) is 1. The fraction of sp³-hybridized carbons (Fsp3) is 0.889. The number of rotatable bonds is 10. The first-order chi connectivity index (χ1) is 6.81. The highest BCUT2D eigenvalue weighted by Crippen LogP contribution is 1.80. The molecule has 1 N–H and O–H groups in total. The van der Waals surface area contributed by atoms with Crippen LogP contribution in [0.5, 0.6) is 0 Å². The summed E-state index contributed by atoms with van der Waals surface area (Å²) in [4.78, 5) is 11.5. The molecule has 0 aliphatic rings. The lowest BCUT2D eigenvalue weighted by molar-refractivity contribution is 0.0463. The van der Waals surface area contributed by atoms with E-state index >= 15 is 0 Å². The highest BCUT2D eigenvalue weighted by Gasteiger charge is 2.06. The molecule has 0 spiro atoms. The van der Waals surface area contributed by atoms with E-state index < -0.39 is 0 Å². The van der Waals surface area contributed by atoms with Crippen LogP contribution < -0.4 is 5.32 Å². The molecular formula is C9H19N2O3+. The molecule has 0 rings (SSSR count). The number of ether oxygens (including phenoxy) is 2. The van der Waals surface area contributed by atoms with Gasteiger partial charge < -0.3 is 14.8 Å². The van der Waals surface area contributed by atoms with Gasteiger partial charge in [0.2, 0.25) is 0 Å². The third-order valence-corrected chi connectivity index (χ3v) is 1.60. The molecule has 0 aromatic carbocycles. The molecule has 0 aromatic heterocycles. The lowest BCUT2D eigenvalue weighted by atomic mass is 10.6. The van der Waals surface area contributed by atoms with E-state index in [1.54, 1.807) is 13.5 Å². The van der Waals surface area contributed by atoms with E-state index in [0.717, 1.165) is 6.54 Å². The Bertz CT molecular complexity index is 133. The molecule has 0 atom stereocenters. The second-order valence-electron chi connectivity index (χ2n) is 2.84. The summed E-state index contributed by atoms with van der Waals surface area (Å²) in [5.74, 6) is 0. The lowest BCUT2D eigenvalue weighted by Crippen LogP contribution is -2.22. The Morgan fingerprint density at radius 2 is 1.86 bits per heavy atom. The maximum absolute atomic E-state index is 10.1. The van der Waals surface area contributed by atoms with E-state index in [9.17, 15) is 4.79 Å². The summed E-state index contributed by atoms with van der Waals surface area (Å²) in [6.07, 6.45) is 1.75. The van der Waals surface area contributed by atoms with Gasteiger partial charge in [-0.15, -0.1) is 4.90 Å². The first-order valence-corrected chi connectivity index (χ1v) is 4.70. The molecule has 82 valence electrons. The topological polar surface area (TPSA) is 50.8 Å². The van der Waals surface area contributed by atoms with Gasteiger partial charge in [0.15, 0.2) is 0 Å². The van der Waals surface area contributed by atoms with Crippen molar-refractivity contribution >= 4 is 6.41 Å². The van der Waals surface area contributed by atoms with E-state index in [1.165, 1.54) is 4.90 Å². The van der Waals surface area contributed by atoms with Crippen molar-refractivity contribution < 1.29 is 14.3 Å². The fourth-order valence-corrected chi connectivity index (χ4v) is 0.743. The third-order valence-electron chi connectivity index (χ3n) is 1.60. The van der Waals surface area contributed by atoms with Gasteiger partial charge >= 0.3 is 6.41 Å². The van der Waals surface area contributed by atoms with Crippen LogP contribution in [0.3, 0.4) is 0 Å². The monoisotopic (exact) mass is 203 g/mol. The molecule has 0 saturated heterocycles. The van der Waals surface area contributed by atoms with Crippen LogP contribution in [0.15, 0.2) is 0 Å². The smallest absolute Gasteiger partial charge is 0.378 e. The number of nitrogens with zero attached hydrogens (tertiary/aromatic N) is 1. The number of amides is 1. The van der Waals surface area contributed by atoms with Crippen molar-refractivity contribution in [2.24, 2.45) is 0 Å². The van der Waals surface area contributed by atoms with Crippen LogP contribution in [0.25, 0.3) is 0 Å². The summed E-state index contributed by atoms with van der Waals surface area (Å²) in [5, 5.41) is 2.98. The predicted molar refractivity (Wildman–Crippen MR) is 53.9 cm³/mol. The maximum atomic E-state index is 10.1. The van der Waals surface area contributed by atoms with Gasteiger partial charge in [-0.25, -0.2) is 0 Å². The quantitative estimate of drug-likeness (QED) is 0.288. The summed E-state index contributed by atoms with van der Waals surface area (Å²) in [6, 6.07) is 0. The van der Waals surface area contributed by atoms with Crippen molar-refractivity contribution in [3.8, 4) is 0 Å². The molecule has 0 unspecified atom stereocenters. The SMILES string of the molecule is CNCCOCCOCCN(C)[C+]=O. The Morgan fingerprint density at radius 3 is 2.43 bits per heavy atom. The molecule has 1 amide bonds. The van der Waals surface area contributed by atoms with Crippen molar-refractivity contribution in [1.29, 1.82) is 0 Å². The van der Waals surface area contributed by atoms with E-state index in [2.05, 4.69) is 5.32 Å². The number of likely N-dealkylation sites (N-methyl/N-ethyl adjacent to an activating group) is 2. The van der Waals surface area contributed by atoms with Gasteiger partial charge in [-0.3, -0.25) is 0 Å². The average Bonchev–Trinajstić information content (AvgIpc) is 2.21. The molecule has 0 saturated carbocycles. The van der Waals surface area contributed by atoms with Gasteiger partial charge in [-0.05, 0) is 7.05 Å². The van der Waals surface area contributed by atoms with Gasteiger partial charge in [0.1, 0.15) is 0 Å². The standard InChI is InChI=1S/C9H19N2O3/c1-10-3-5-13-7-8-14-6-4-11(2)9-12/h10H,3-8H2,1-2H3/q+1. The minimum absolute atomic E-state index is 0.529. The van der Waals surface area contributed by atoms with Crippen molar-refractivity contribution in [1.82, 2.24) is 10.2 Å². The highest BCUT2D eigenvalue weighted by molar-refractivity contribution is 5.47. The summed E-state index contributed by atoms with van der Waals surface area (Å²) in [6.45, 7) is 3.80. The fourth-order valence-electron chi connectivity index (χ4n) is 0.743. The van der Waals surface area contributed by atoms with Gasteiger partial charge in [0.05, 0.1) is 44.8 Å². The van der Waals surface area contributed by atoms with Crippen molar-refractivity contribution in [2.45, 2.75) is 0 Å². The van der Waals surface area contributed by atoms with E-state index in [0.29, 0.717) is 33.0 Å². The van der Waals surface area contributed by atoms with E-state index in [4.69, 9.17) is 9.47 Å². The molecule has 0 heterocycles.